The van der Waals surface area contributed by atoms with Gasteiger partial charge in [-0.05, 0) is 47.4 Å². The Labute approximate surface area is 182 Å². The summed E-state index contributed by atoms with van der Waals surface area (Å²) in [4.78, 5) is 8.29. The van der Waals surface area contributed by atoms with Gasteiger partial charge in [0, 0.05) is 48.8 Å². The molecule has 2 N–H and O–H groups in total. The third-order valence-corrected chi connectivity index (χ3v) is 4.83. The van der Waals surface area contributed by atoms with Gasteiger partial charge in [0.1, 0.15) is 12.4 Å². The lowest BCUT2D eigenvalue weighted by molar-refractivity contribution is 0.286. The summed E-state index contributed by atoms with van der Waals surface area (Å²) in [6.45, 7) is 0.433. The normalized spacial score (nSPS) is 12.1. The Morgan fingerprint density at radius 2 is 1.80 bits per heavy atom. The number of rotatable bonds is 7. The van der Waals surface area contributed by atoms with Crippen molar-refractivity contribution in [2.45, 2.75) is 12.5 Å². The molecule has 4 aromatic rings. The predicted molar refractivity (Wildman–Crippen MR) is 125 cm³/mol. The van der Waals surface area contributed by atoms with Crippen molar-refractivity contribution in [3.8, 4) is 5.75 Å². The van der Waals surface area contributed by atoms with Crippen LogP contribution in [0.2, 0.25) is 0 Å². The van der Waals surface area contributed by atoms with Gasteiger partial charge < -0.3 is 15.0 Å². The van der Waals surface area contributed by atoms with Gasteiger partial charge in [-0.1, -0.05) is 30.4 Å². The molecule has 0 aliphatic rings. The van der Waals surface area contributed by atoms with Gasteiger partial charge in [-0.15, -0.1) is 12.4 Å². The minimum Gasteiger partial charge on any atom is -0.490 e. The van der Waals surface area contributed by atoms with Crippen molar-refractivity contribution in [1.29, 1.82) is 0 Å². The lowest BCUT2D eigenvalue weighted by atomic mass is 10.1. The molecule has 3 heterocycles. The number of benzene rings is 1. The molecule has 0 aliphatic heterocycles. The first kappa shape index (κ1) is 21.6. The van der Waals surface area contributed by atoms with E-state index in [1.54, 1.807) is 24.8 Å². The zero-order valence-corrected chi connectivity index (χ0v) is 17.6. The monoisotopic (exact) mass is 420 g/mol. The zero-order valence-electron chi connectivity index (χ0n) is 16.8. The summed E-state index contributed by atoms with van der Waals surface area (Å²) >= 11 is 0. The number of halogens is 1. The van der Waals surface area contributed by atoms with Gasteiger partial charge in [0.25, 0.3) is 0 Å². The van der Waals surface area contributed by atoms with Gasteiger partial charge in [0.15, 0.2) is 0 Å². The molecule has 0 bridgehead atoms. The van der Waals surface area contributed by atoms with E-state index in [-0.39, 0.29) is 18.4 Å². The number of hydrogen-bond acceptors (Lipinski definition) is 4. The number of fused-ring (bicyclic) bond motifs is 1. The number of hydrogen-bond donors (Lipinski definition) is 1. The van der Waals surface area contributed by atoms with Crippen molar-refractivity contribution in [2.75, 3.05) is 6.61 Å². The molecule has 0 unspecified atom stereocenters. The van der Waals surface area contributed by atoms with Gasteiger partial charge >= 0.3 is 0 Å². The second-order valence-electron chi connectivity index (χ2n) is 7.13. The molecule has 4 rings (SSSR count). The summed E-state index contributed by atoms with van der Waals surface area (Å²) in [7, 11) is 2.06. The highest BCUT2D eigenvalue weighted by molar-refractivity contribution is 5.85. The molecule has 0 saturated carbocycles. The lowest BCUT2D eigenvalue weighted by Crippen LogP contribution is -2.30. The van der Waals surface area contributed by atoms with Gasteiger partial charge in [0.2, 0.25) is 0 Å². The number of pyridine rings is 2. The lowest BCUT2D eigenvalue weighted by Gasteiger charge is -2.13. The van der Waals surface area contributed by atoms with E-state index >= 15 is 0 Å². The van der Waals surface area contributed by atoms with Crippen LogP contribution >= 0.6 is 12.4 Å². The maximum atomic E-state index is 6.35. The molecule has 6 heteroatoms. The van der Waals surface area contributed by atoms with E-state index in [2.05, 4.69) is 52.0 Å². The fourth-order valence-corrected chi connectivity index (χ4v) is 3.41. The standard InChI is InChI=1S/C24H24N4O.ClH/c1-28-16-20(23-4-2-3-5-24(23)28)13-21(25)17-29-22-12-19(14-27-15-22)7-6-18-8-10-26-11-9-18;/h2-12,14-16,21H,13,17,25H2,1H3;1H/t21-;/m0./s1. The van der Waals surface area contributed by atoms with Gasteiger partial charge in [0.05, 0.1) is 6.20 Å². The number of ether oxygens (including phenoxy) is 1. The summed E-state index contributed by atoms with van der Waals surface area (Å²) in [6, 6.07) is 14.2. The summed E-state index contributed by atoms with van der Waals surface area (Å²) in [5.74, 6) is 0.718. The largest absolute Gasteiger partial charge is 0.490 e. The third kappa shape index (κ3) is 5.26. The van der Waals surface area contributed by atoms with Crippen LogP contribution in [0.5, 0.6) is 5.75 Å². The maximum absolute atomic E-state index is 6.35. The third-order valence-electron chi connectivity index (χ3n) is 4.83. The van der Waals surface area contributed by atoms with Crippen molar-refractivity contribution < 1.29 is 4.74 Å². The predicted octanol–water partition coefficient (Wildman–Crippen LogP) is 4.51. The fraction of sp³-hybridized carbons (Fsp3) is 0.167. The second kappa shape index (κ2) is 10.1. The first-order valence-electron chi connectivity index (χ1n) is 9.63. The highest BCUT2D eigenvalue weighted by atomic mass is 35.5. The number of para-hydroxylation sites is 1. The smallest absolute Gasteiger partial charge is 0.138 e. The van der Waals surface area contributed by atoms with Crippen molar-refractivity contribution >= 4 is 35.5 Å². The molecule has 1 atom stereocenters. The van der Waals surface area contributed by atoms with Crippen LogP contribution in [0.25, 0.3) is 23.1 Å². The van der Waals surface area contributed by atoms with Crippen molar-refractivity contribution in [2.24, 2.45) is 12.8 Å². The molecule has 0 fully saturated rings. The summed E-state index contributed by atoms with van der Waals surface area (Å²) < 4.78 is 8.05. The molecule has 0 saturated heterocycles. The van der Waals surface area contributed by atoms with Crippen molar-refractivity contribution in [3.05, 3.63) is 90.1 Å². The number of nitrogens with two attached hydrogens (primary N) is 1. The van der Waals surface area contributed by atoms with E-state index < -0.39 is 0 Å². The average Bonchev–Trinajstić information content (AvgIpc) is 3.07. The van der Waals surface area contributed by atoms with E-state index in [0.29, 0.717) is 6.61 Å². The highest BCUT2D eigenvalue weighted by Gasteiger charge is 2.11. The van der Waals surface area contributed by atoms with E-state index in [4.69, 9.17) is 10.5 Å². The molecule has 3 aromatic heterocycles. The summed E-state index contributed by atoms with van der Waals surface area (Å²) in [5.41, 5.74) is 10.9. The maximum Gasteiger partial charge on any atom is 0.138 e. The average molecular weight is 421 g/mol. The van der Waals surface area contributed by atoms with Crippen molar-refractivity contribution in [3.63, 3.8) is 0 Å². The van der Waals surface area contributed by atoms with Crippen LogP contribution in [0.1, 0.15) is 16.7 Å². The zero-order chi connectivity index (χ0) is 20.1. The molecule has 0 spiro atoms. The van der Waals surface area contributed by atoms with Crippen LogP contribution < -0.4 is 10.5 Å². The van der Waals surface area contributed by atoms with Crippen LogP contribution in [-0.2, 0) is 13.5 Å². The van der Waals surface area contributed by atoms with E-state index in [9.17, 15) is 0 Å². The minimum absolute atomic E-state index is 0. The molecule has 154 valence electrons. The molecular formula is C24H25ClN4O. The minimum atomic E-state index is -0.100. The Morgan fingerprint density at radius 3 is 2.63 bits per heavy atom. The topological polar surface area (TPSA) is 66.0 Å². The number of aromatic nitrogens is 3. The molecule has 0 radical (unpaired) electrons. The Balaban J connectivity index is 0.00000256. The van der Waals surface area contributed by atoms with Gasteiger partial charge in [-0.3, -0.25) is 9.97 Å². The molecular weight excluding hydrogens is 396 g/mol. The van der Waals surface area contributed by atoms with Crippen LogP contribution in [0.4, 0.5) is 0 Å². The fourth-order valence-electron chi connectivity index (χ4n) is 3.41. The number of nitrogens with zero attached hydrogens (tertiary/aromatic N) is 3. The molecule has 30 heavy (non-hydrogen) atoms. The first-order valence-corrected chi connectivity index (χ1v) is 9.63. The SMILES string of the molecule is Cl.Cn1cc(C[C@H](N)COc2cncc(C=Cc3ccncc3)c2)c2ccccc21. The highest BCUT2D eigenvalue weighted by Crippen LogP contribution is 2.21. The quantitative estimate of drug-likeness (QED) is 0.477. The summed E-state index contributed by atoms with van der Waals surface area (Å²) in [6.07, 6.45) is 14.0. The van der Waals surface area contributed by atoms with Crippen LogP contribution in [0.3, 0.4) is 0 Å². The van der Waals surface area contributed by atoms with E-state index in [0.717, 1.165) is 23.3 Å². The number of aryl methyl sites for hydroxylation is 1. The Hall–Kier alpha value is -3.15. The summed E-state index contributed by atoms with van der Waals surface area (Å²) in [5, 5.41) is 1.25. The molecule has 5 nitrogen and oxygen atoms in total. The van der Waals surface area contributed by atoms with Crippen LogP contribution in [-0.4, -0.2) is 27.2 Å². The van der Waals surface area contributed by atoms with Gasteiger partial charge in [-0.25, -0.2) is 0 Å². The van der Waals surface area contributed by atoms with E-state index in [1.807, 2.05) is 30.4 Å². The Kier molecular flexibility index (Phi) is 7.22. The second-order valence-corrected chi connectivity index (χ2v) is 7.13. The Bertz CT molecular complexity index is 1120. The first-order chi connectivity index (χ1) is 14.2. The van der Waals surface area contributed by atoms with Crippen LogP contribution in [0.15, 0.2) is 73.4 Å². The van der Waals surface area contributed by atoms with E-state index in [1.165, 1.54) is 16.5 Å². The molecule has 1 aromatic carbocycles. The molecule has 0 amide bonds. The van der Waals surface area contributed by atoms with Crippen LogP contribution in [0, 0.1) is 0 Å². The Morgan fingerprint density at radius 1 is 1.03 bits per heavy atom. The van der Waals surface area contributed by atoms with Crippen molar-refractivity contribution in [1.82, 2.24) is 14.5 Å². The molecule has 0 aliphatic carbocycles. The van der Waals surface area contributed by atoms with Gasteiger partial charge in [-0.2, -0.15) is 0 Å².